The van der Waals surface area contributed by atoms with Gasteiger partial charge in [0.1, 0.15) is 17.2 Å². The van der Waals surface area contributed by atoms with Crippen molar-refractivity contribution in [1.29, 1.82) is 0 Å². The Balaban J connectivity index is 1.49. The lowest BCUT2D eigenvalue weighted by molar-refractivity contribution is 0.101. The van der Waals surface area contributed by atoms with E-state index in [9.17, 15) is 13.6 Å². The van der Waals surface area contributed by atoms with E-state index in [1.807, 2.05) is 11.8 Å². The van der Waals surface area contributed by atoms with Crippen molar-refractivity contribution in [2.24, 2.45) is 0 Å². The van der Waals surface area contributed by atoms with Crippen LogP contribution in [0.25, 0.3) is 0 Å². The van der Waals surface area contributed by atoms with Gasteiger partial charge in [-0.25, -0.2) is 13.8 Å². The number of halogens is 3. The van der Waals surface area contributed by atoms with E-state index in [1.54, 1.807) is 29.6 Å². The molecule has 0 saturated carbocycles. The molecule has 1 aliphatic rings. The van der Waals surface area contributed by atoms with Gasteiger partial charge in [0.05, 0.1) is 17.7 Å². The number of aliphatic hydroxyl groups excluding tert-OH is 1. The molecule has 2 heterocycles. The van der Waals surface area contributed by atoms with Crippen LogP contribution >= 0.6 is 22.9 Å². The zero-order chi connectivity index (χ0) is 25.9. The number of hydrogen-bond donors (Lipinski definition) is 2. The molecule has 0 aliphatic carbocycles. The topological polar surface area (TPSA) is 68.7 Å². The second-order valence-electron chi connectivity index (χ2n) is 8.60. The molecular formula is C26H25ClF2N4O2S. The van der Waals surface area contributed by atoms with Gasteiger partial charge in [-0.3, -0.25) is 15.0 Å². The first kappa shape index (κ1) is 26.0. The van der Waals surface area contributed by atoms with Gasteiger partial charge in [-0.05, 0) is 36.8 Å². The van der Waals surface area contributed by atoms with Gasteiger partial charge in [-0.2, -0.15) is 0 Å². The maximum atomic E-state index is 14.9. The number of β-amino-alcohol motifs (C(OH)–C–C–N with tert-alkyl or cyclic N) is 1. The molecule has 4 rings (SSSR count). The van der Waals surface area contributed by atoms with Gasteiger partial charge in [0.15, 0.2) is 5.13 Å². The molecule has 1 saturated heterocycles. The number of piperazine rings is 1. The second kappa shape index (κ2) is 10.9. The maximum Gasteiger partial charge on any atom is 0.263 e. The Labute approximate surface area is 217 Å². The minimum atomic E-state index is -0.952. The van der Waals surface area contributed by atoms with Crippen LogP contribution in [0.2, 0.25) is 5.02 Å². The summed E-state index contributed by atoms with van der Waals surface area (Å²) in [7, 11) is 0. The van der Waals surface area contributed by atoms with Crippen LogP contribution < -0.4 is 10.2 Å². The third-order valence-electron chi connectivity index (χ3n) is 6.35. The van der Waals surface area contributed by atoms with Crippen LogP contribution in [0.5, 0.6) is 0 Å². The van der Waals surface area contributed by atoms with Crippen molar-refractivity contribution < 1.29 is 18.7 Å². The van der Waals surface area contributed by atoms with E-state index in [-0.39, 0.29) is 11.7 Å². The lowest BCUT2D eigenvalue weighted by Crippen LogP contribution is -2.47. The number of rotatable bonds is 7. The van der Waals surface area contributed by atoms with Crippen LogP contribution in [-0.2, 0) is 5.41 Å². The largest absolute Gasteiger partial charge is 0.395 e. The number of aliphatic hydroxyl groups is 1. The predicted molar refractivity (Wildman–Crippen MR) is 139 cm³/mol. The highest BCUT2D eigenvalue weighted by atomic mass is 35.5. The highest BCUT2D eigenvalue weighted by molar-refractivity contribution is 7.14. The second-order valence-corrected chi connectivity index (χ2v) is 9.90. The van der Waals surface area contributed by atoms with E-state index < -0.39 is 28.5 Å². The van der Waals surface area contributed by atoms with Crippen LogP contribution in [-0.4, -0.2) is 60.2 Å². The lowest BCUT2D eigenvalue weighted by atomic mass is 9.81. The van der Waals surface area contributed by atoms with Gasteiger partial charge in [-0.15, -0.1) is 17.8 Å². The number of thiazole rings is 1. The molecule has 6 nitrogen and oxygen atoms in total. The van der Waals surface area contributed by atoms with Gasteiger partial charge in [0.25, 0.3) is 5.91 Å². The zero-order valence-electron chi connectivity index (χ0n) is 19.6. The van der Waals surface area contributed by atoms with Crippen LogP contribution in [0.15, 0.2) is 41.8 Å². The Morgan fingerprint density at radius 3 is 2.44 bits per heavy atom. The molecule has 36 heavy (non-hydrogen) atoms. The third kappa shape index (κ3) is 5.37. The molecule has 1 unspecified atom stereocenters. The number of aromatic nitrogens is 1. The first-order valence-corrected chi connectivity index (χ1v) is 12.6. The van der Waals surface area contributed by atoms with Crippen molar-refractivity contribution in [2.75, 3.05) is 49.5 Å². The fourth-order valence-corrected chi connectivity index (χ4v) is 5.08. The van der Waals surface area contributed by atoms with Gasteiger partial charge < -0.3 is 10.0 Å². The summed E-state index contributed by atoms with van der Waals surface area (Å²) < 4.78 is 29.8. The van der Waals surface area contributed by atoms with Gasteiger partial charge >= 0.3 is 0 Å². The van der Waals surface area contributed by atoms with Crippen molar-refractivity contribution in [3.63, 3.8) is 0 Å². The standard InChI is InChI=1S/C26H25ClF2N4O2S/c1-3-26(2,17-4-6-18(27)7-5-17)22-16-36-25(30-22)31-24(35)23-20(28)14-19(15-21(23)29)33-10-8-32(9-11-33)12-13-34/h1,4-7,14-16,34H,8-13H2,2H3,(H,30,31,35). The fraction of sp³-hybridized carbons (Fsp3) is 0.308. The molecule has 3 aromatic rings. The summed E-state index contributed by atoms with van der Waals surface area (Å²) in [6.45, 7) is 4.92. The molecule has 2 N–H and O–H groups in total. The summed E-state index contributed by atoms with van der Waals surface area (Å²) in [5, 5.41) is 14.0. The zero-order valence-corrected chi connectivity index (χ0v) is 21.2. The molecule has 0 spiro atoms. The summed E-state index contributed by atoms with van der Waals surface area (Å²) in [5.74, 6) is -0.0932. The van der Waals surface area contributed by atoms with Crippen LogP contribution in [0.4, 0.5) is 19.6 Å². The fourth-order valence-electron chi connectivity index (χ4n) is 4.14. The van der Waals surface area contributed by atoms with Crippen molar-refractivity contribution >= 4 is 39.7 Å². The molecule has 1 fully saturated rings. The number of nitrogens with one attached hydrogen (secondary N) is 1. The quantitative estimate of drug-likeness (QED) is 0.444. The molecule has 1 atom stereocenters. The monoisotopic (exact) mass is 530 g/mol. The van der Waals surface area contributed by atoms with Gasteiger partial charge in [0.2, 0.25) is 0 Å². The van der Waals surface area contributed by atoms with E-state index in [1.165, 1.54) is 12.1 Å². The molecule has 188 valence electrons. The molecule has 1 amide bonds. The molecule has 0 bridgehead atoms. The average Bonchev–Trinajstić information content (AvgIpc) is 3.33. The summed E-state index contributed by atoms with van der Waals surface area (Å²) in [6, 6.07) is 9.40. The molecule has 1 aromatic heterocycles. The molecule has 2 aromatic carbocycles. The van der Waals surface area contributed by atoms with Crippen LogP contribution in [0.1, 0.15) is 28.5 Å². The SMILES string of the molecule is C#CC(C)(c1ccc(Cl)cc1)c1csc(NC(=O)c2c(F)cc(N3CCN(CCO)CC3)cc2F)n1. The number of benzene rings is 2. The summed E-state index contributed by atoms with van der Waals surface area (Å²) in [4.78, 5) is 21.1. The average molecular weight is 531 g/mol. The molecular weight excluding hydrogens is 506 g/mol. The minimum Gasteiger partial charge on any atom is -0.395 e. The van der Waals surface area contributed by atoms with E-state index >= 15 is 0 Å². The number of carbonyl (C=O) groups is 1. The highest BCUT2D eigenvalue weighted by Gasteiger charge is 2.30. The van der Waals surface area contributed by atoms with Crippen molar-refractivity contribution in [1.82, 2.24) is 9.88 Å². The molecule has 1 aliphatic heterocycles. The minimum absolute atomic E-state index is 0.0662. The predicted octanol–water partition coefficient (Wildman–Crippen LogP) is 4.38. The van der Waals surface area contributed by atoms with E-state index in [0.717, 1.165) is 16.9 Å². The van der Waals surface area contributed by atoms with E-state index in [0.29, 0.717) is 49.1 Å². The van der Waals surface area contributed by atoms with E-state index in [2.05, 4.69) is 21.1 Å². The molecule has 0 radical (unpaired) electrons. The van der Waals surface area contributed by atoms with Crippen molar-refractivity contribution in [3.8, 4) is 12.3 Å². The Kier molecular flexibility index (Phi) is 7.91. The van der Waals surface area contributed by atoms with Gasteiger partial charge in [-0.1, -0.05) is 29.7 Å². The summed E-state index contributed by atoms with van der Waals surface area (Å²) in [6.07, 6.45) is 5.83. The number of anilines is 2. The number of nitrogens with zero attached hydrogens (tertiary/aromatic N) is 3. The summed E-state index contributed by atoms with van der Waals surface area (Å²) in [5.41, 5.74) is 0.122. The Bertz CT molecular complexity index is 1260. The first-order chi connectivity index (χ1) is 17.2. The smallest absolute Gasteiger partial charge is 0.263 e. The number of amides is 1. The van der Waals surface area contributed by atoms with E-state index in [4.69, 9.17) is 23.1 Å². The Hall–Kier alpha value is -3.03. The maximum absolute atomic E-state index is 14.9. The van der Waals surface area contributed by atoms with Crippen molar-refractivity contribution in [2.45, 2.75) is 12.3 Å². The first-order valence-electron chi connectivity index (χ1n) is 11.3. The van der Waals surface area contributed by atoms with Crippen molar-refractivity contribution in [3.05, 3.63) is 75.3 Å². The Morgan fingerprint density at radius 1 is 1.22 bits per heavy atom. The highest BCUT2D eigenvalue weighted by Crippen LogP contribution is 2.34. The van der Waals surface area contributed by atoms with Gasteiger partial charge in [0, 0.05) is 48.8 Å². The Morgan fingerprint density at radius 2 is 1.86 bits per heavy atom. The summed E-state index contributed by atoms with van der Waals surface area (Å²) >= 11 is 7.09. The number of carbonyl (C=O) groups excluding carboxylic acids is 1. The lowest BCUT2D eigenvalue weighted by Gasteiger charge is -2.35. The normalized spacial score (nSPS) is 15.8. The van der Waals surface area contributed by atoms with Crippen LogP contribution in [0.3, 0.4) is 0 Å². The number of hydrogen-bond acceptors (Lipinski definition) is 6. The molecule has 10 heteroatoms. The number of terminal acetylenes is 1. The third-order valence-corrected chi connectivity index (χ3v) is 7.36. The van der Waals surface area contributed by atoms with Crippen LogP contribution in [0, 0.1) is 24.0 Å².